The Kier molecular flexibility index (Phi) is 12.1. The number of unbranched alkanes of at least 4 members (excludes halogenated alkanes) is 1. The molecular weight excluding hydrogens is 466 g/mol. The average Bonchev–Trinajstić information content (AvgIpc) is 2.76. The molecule has 0 radical (unpaired) electrons. The number of alkyl carbamates (subject to hydrolysis) is 1. The predicted molar refractivity (Wildman–Crippen MR) is 150 cm³/mol. The van der Waals surface area contributed by atoms with Crippen LogP contribution in [0.2, 0.25) is 0 Å². The van der Waals surface area contributed by atoms with Crippen molar-refractivity contribution in [1.29, 1.82) is 0 Å². The van der Waals surface area contributed by atoms with Crippen LogP contribution in [0.25, 0.3) is 0 Å². The monoisotopic (exact) mass is 517 g/mol. The van der Waals surface area contributed by atoms with E-state index in [4.69, 9.17) is 4.74 Å². The highest BCUT2D eigenvalue weighted by Crippen LogP contribution is 2.34. The Balaban J connectivity index is 3.68. The van der Waals surface area contributed by atoms with Gasteiger partial charge in [0, 0.05) is 12.1 Å². The number of nitrogens with one attached hydrogen (secondary N) is 2. The lowest BCUT2D eigenvalue weighted by molar-refractivity contribution is -0.149. The Labute approximate surface area is 225 Å². The van der Waals surface area contributed by atoms with E-state index in [0.717, 1.165) is 29.5 Å². The van der Waals surface area contributed by atoms with Gasteiger partial charge in [-0.05, 0) is 84.8 Å². The van der Waals surface area contributed by atoms with Crippen LogP contribution in [-0.2, 0) is 14.3 Å². The van der Waals surface area contributed by atoms with E-state index in [1.54, 1.807) is 25.7 Å². The summed E-state index contributed by atoms with van der Waals surface area (Å²) in [4.78, 5) is 42.7. The number of hydrogen-bond acceptors (Lipinski definition) is 4. The van der Waals surface area contributed by atoms with Crippen LogP contribution in [0.5, 0.6) is 0 Å². The molecule has 3 amide bonds. The maximum absolute atomic E-state index is 14.4. The highest BCUT2D eigenvalue weighted by molar-refractivity contribution is 5.93. The molecule has 2 N–H and O–H groups in total. The van der Waals surface area contributed by atoms with E-state index in [0.29, 0.717) is 19.4 Å². The van der Waals surface area contributed by atoms with Gasteiger partial charge in [-0.3, -0.25) is 9.59 Å². The van der Waals surface area contributed by atoms with Crippen molar-refractivity contribution in [2.45, 2.75) is 125 Å². The van der Waals surface area contributed by atoms with Crippen molar-refractivity contribution >= 4 is 17.9 Å². The van der Waals surface area contributed by atoms with Gasteiger partial charge in [0.25, 0.3) is 0 Å². The van der Waals surface area contributed by atoms with Crippen LogP contribution in [-0.4, -0.2) is 46.5 Å². The summed E-state index contributed by atoms with van der Waals surface area (Å²) in [5, 5.41) is 5.89. The minimum atomic E-state index is -0.839. The molecule has 2 unspecified atom stereocenters. The Morgan fingerprint density at radius 3 is 2.16 bits per heavy atom. The van der Waals surface area contributed by atoms with Crippen LogP contribution in [0, 0.1) is 19.8 Å². The Hall–Kier alpha value is -2.57. The summed E-state index contributed by atoms with van der Waals surface area (Å²) in [7, 11) is 0. The molecule has 0 aliphatic rings. The summed E-state index contributed by atoms with van der Waals surface area (Å²) >= 11 is 0. The number of carbonyl (C=O) groups excluding carboxylic acids is 3. The van der Waals surface area contributed by atoms with E-state index >= 15 is 0 Å². The molecule has 0 saturated heterocycles. The molecule has 0 saturated carbocycles. The van der Waals surface area contributed by atoms with Crippen molar-refractivity contribution < 1.29 is 19.1 Å². The van der Waals surface area contributed by atoms with E-state index in [2.05, 4.69) is 17.6 Å². The van der Waals surface area contributed by atoms with Gasteiger partial charge in [0.15, 0.2) is 0 Å². The first-order valence-electron chi connectivity index (χ1n) is 13.7. The topological polar surface area (TPSA) is 87.7 Å². The van der Waals surface area contributed by atoms with E-state index < -0.39 is 29.3 Å². The zero-order chi connectivity index (χ0) is 28.6. The van der Waals surface area contributed by atoms with E-state index in [1.165, 1.54) is 0 Å². The number of aryl methyl sites for hydroxylation is 2. The summed E-state index contributed by atoms with van der Waals surface area (Å²) in [5.41, 5.74) is 1.39. The van der Waals surface area contributed by atoms with E-state index in [1.807, 2.05) is 66.7 Å². The van der Waals surface area contributed by atoms with Crippen LogP contribution in [0.4, 0.5) is 4.79 Å². The molecule has 7 heteroatoms. The molecule has 1 rings (SSSR count). The summed E-state index contributed by atoms with van der Waals surface area (Å²) in [6.45, 7) is 21.9. The third kappa shape index (κ3) is 10.0. The quantitative estimate of drug-likeness (QED) is 0.322. The van der Waals surface area contributed by atoms with Gasteiger partial charge in [-0.1, -0.05) is 57.9 Å². The van der Waals surface area contributed by atoms with Crippen LogP contribution >= 0.6 is 0 Å². The average molecular weight is 518 g/mol. The highest BCUT2D eigenvalue weighted by Gasteiger charge is 2.43. The summed E-state index contributed by atoms with van der Waals surface area (Å²) < 4.78 is 5.48. The largest absolute Gasteiger partial charge is 0.444 e. The molecule has 0 fully saturated rings. The number of benzene rings is 1. The van der Waals surface area contributed by atoms with Crippen LogP contribution < -0.4 is 10.6 Å². The molecule has 0 spiro atoms. The van der Waals surface area contributed by atoms with Gasteiger partial charge in [0.2, 0.25) is 11.8 Å². The SMILES string of the molecule is CCCCNC(=O)C(c1cc(C)ccc1C)N(C(=O)C(CC(C)C)NC(=O)OC(C)(C)C)C(C)(C)CC. The maximum atomic E-state index is 14.4. The zero-order valence-electron chi connectivity index (χ0n) is 25.1. The number of carbonyl (C=O) groups is 3. The van der Waals surface area contributed by atoms with Crippen LogP contribution in [0.3, 0.4) is 0 Å². The van der Waals surface area contributed by atoms with Gasteiger partial charge < -0.3 is 20.3 Å². The van der Waals surface area contributed by atoms with Gasteiger partial charge in [0.1, 0.15) is 17.7 Å². The van der Waals surface area contributed by atoms with E-state index in [-0.39, 0.29) is 17.7 Å². The predicted octanol–water partition coefficient (Wildman–Crippen LogP) is 6.22. The second-order valence-electron chi connectivity index (χ2n) is 12.1. The van der Waals surface area contributed by atoms with Crippen molar-refractivity contribution in [3.63, 3.8) is 0 Å². The number of nitrogens with zero attached hydrogens (tertiary/aromatic N) is 1. The number of amides is 3. The van der Waals surface area contributed by atoms with Crippen LogP contribution in [0.1, 0.15) is 111 Å². The number of ether oxygens (including phenoxy) is 1. The third-order valence-electron chi connectivity index (χ3n) is 6.52. The molecule has 37 heavy (non-hydrogen) atoms. The van der Waals surface area contributed by atoms with Gasteiger partial charge >= 0.3 is 6.09 Å². The number of rotatable bonds is 12. The van der Waals surface area contributed by atoms with Crippen molar-refractivity contribution in [2.75, 3.05) is 6.54 Å². The Morgan fingerprint density at radius 2 is 1.65 bits per heavy atom. The first kappa shape index (κ1) is 32.5. The standard InChI is InChI=1S/C30H51N3O4/c1-12-14-17-31-26(34)25(23-19-21(5)15-16-22(23)6)33(30(10,11)13-2)27(35)24(18-20(3)4)32-28(36)37-29(7,8)9/h15-16,19-20,24-25H,12-14,17-18H2,1-11H3,(H,31,34)(H,32,36). The molecule has 1 aromatic carbocycles. The lowest BCUT2D eigenvalue weighted by atomic mass is 9.89. The Morgan fingerprint density at radius 1 is 1.03 bits per heavy atom. The van der Waals surface area contributed by atoms with Crippen molar-refractivity contribution in [3.8, 4) is 0 Å². The molecule has 0 aromatic heterocycles. The fraction of sp³-hybridized carbons (Fsp3) is 0.700. The lowest BCUT2D eigenvalue weighted by Gasteiger charge is -2.45. The second kappa shape index (κ2) is 13.8. The minimum Gasteiger partial charge on any atom is -0.444 e. The molecule has 1 aromatic rings. The molecule has 0 heterocycles. The third-order valence-corrected chi connectivity index (χ3v) is 6.52. The molecule has 0 aliphatic carbocycles. The molecule has 0 aliphatic heterocycles. The Bertz CT molecular complexity index is 918. The molecule has 2 atom stereocenters. The normalized spacial score (nSPS) is 13.6. The van der Waals surface area contributed by atoms with Crippen molar-refractivity contribution in [3.05, 3.63) is 34.9 Å². The minimum absolute atomic E-state index is 0.132. The molecular formula is C30H51N3O4. The zero-order valence-corrected chi connectivity index (χ0v) is 25.1. The van der Waals surface area contributed by atoms with Crippen molar-refractivity contribution in [1.82, 2.24) is 15.5 Å². The fourth-order valence-electron chi connectivity index (χ4n) is 4.19. The van der Waals surface area contributed by atoms with Gasteiger partial charge in [-0.15, -0.1) is 0 Å². The molecule has 7 nitrogen and oxygen atoms in total. The first-order chi connectivity index (χ1) is 17.0. The van der Waals surface area contributed by atoms with Gasteiger partial charge in [0.05, 0.1) is 0 Å². The maximum Gasteiger partial charge on any atom is 0.408 e. The summed E-state index contributed by atoms with van der Waals surface area (Å²) in [5.74, 6) is -0.367. The first-order valence-corrected chi connectivity index (χ1v) is 13.7. The molecule has 210 valence electrons. The summed E-state index contributed by atoms with van der Waals surface area (Å²) in [6.07, 6.45) is 2.21. The van der Waals surface area contributed by atoms with Crippen molar-refractivity contribution in [2.24, 2.45) is 5.92 Å². The summed E-state index contributed by atoms with van der Waals surface area (Å²) in [6, 6.07) is 4.31. The van der Waals surface area contributed by atoms with Gasteiger partial charge in [-0.25, -0.2) is 4.79 Å². The smallest absolute Gasteiger partial charge is 0.408 e. The number of hydrogen-bond donors (Lipinski definition) is 2. The second-order valence-corrected chi connectivity index (χ2v) is 12.1. The molecule has 0 bridgehead atoms. The highest BCUT2D eigenvalue weighted by atomic mass is 16.6. The van der Waals surface area contributed by atoms with Gasteiger partial charge in [-0.2, -0.15) is 0 Å². The lowest BCUT2D eigenvalue weighted by Crippen LogP contribution is -2.59. The van der Waals surface area contributed by atoms with E-state index in [9.17, 15) is 14.4 Å². The fourth-order valence-corrected chi connectivity index (χ4v) is 4.19. The van der Waals surface area contributed by atoms with Crippen LogP contribution in [0.15, 0.2) is 18.2 Å².